The molecule has 0 fully saturated rings. The van der Waals surface area contributed by atoms with Crippen LogP contribution in [0.25, 0.3) is 0 Å². The van der Waals surface area contributed by atoms with E-state index in [-0.39, 0.29) is 0 Å². The summed E-state index contributed by atoms with van der Waals surface area (Å²) in [5.74, 6) is 0.733. The fourth-order valence-corrected chi connectivity index (χ4v) is 3.32. The van der Waals surface area contributed by atoms with Gasteiger partial charge in [0.15, 0.2) is 0 Å². The SMILES string of the molecule is Cc1cc(CN(C)CCNCC(C)C)sc1Br. The Morgan fingerprint density at radius 3 is 2.71 bits per heavy atom. The van der Waals surface area contributed by atoms with Gasteiger partial charge in [0.1, 0.15) is 0 Å². The smallest absolute Gasteiger partial charge is 0.0730 e. The second kappa shape index (κ2) is 7.52. The maximum Gasteiger partial charge on any atom is 0.0730 e. The topological polar surface area (TPSA) is 15.3 Å². The molecule has 0 bridgehead atoms. The molecule has 0 radical (unpaired) electrons. The Hall–Kier alpha value is 0.100. The summed E-state index contributed by atoms with van der Waals surface area (Å²) in [6.45, 7) is 10.9. The van der Waals surface area contributed by atoms with Crippen LogP contribution in [0.15, 0.2) is 9.85 Å². The molecule has 0 atom stereocenters. The highest BCUT2D eigenvalue weighted by molar-refractivity contribution is 9.11. The molecular formula is C13H23BrN2S. The molecule has 1 N–H and O–H groups in total. The molecule has 1 heterocycles. The number of thiophene rings is 1. The van der Waals surface area contributed by atoms with Gasteiger partial charge in [0.05, 0.1) is 3.79 Å². The summed E-state index contributed by atoms with van der Waals surface area (Å²) < 4.78 is 1.26. The highest BCUT2D eigenvalue weighted by Gasteiger charge is 2.05. The van der Waals surface area contributed by atoms with Gasteiger partial charge in [-0.3, -0.25) is 0 Å². The highest BCUT2D eigenvalue weighted by atomic mass is 79.9. The van der Waals surface area contributed by atoms with Crippen molar-refractivity contribution >= 4 is 27.3 Å². The third-order valence-electron chi connectivity index (χ3n) is 2.56. The van der Waals surface area contributed by atoms with Gasteiger partial charge in [-0.25, -0.2) is 0 Å². The summed E-state index contributed by atoms with van der Waals surface area (Å²) >= 11 is 5.41. The monoisotopic (exact) mass is 318 g/mol. The van der Waals surface area contributed by atoms with Crippen LogP contribution in [0.5, 0.6) is 0 Å². The van der Waals surface area contributed by atoms with Crippen molar-refractivity contribution in [1.82, 2.24) is 10.2 Å². The Bertz CT molecular complexity index is 317. The van der Waals surface area contributed by atoms with Crippen LogP contribution in [-0.4, -0.2) is 31.6 Å². The standard InChI is InChI=1S/C13H23BrN2S/c1-10(2)8-15-5-6-16(4)9-12-7-11(3)13(14)17-12/h7,10,15H,5-6,8-9H2,1-4H3. The van der Waals surface area contributed by atoms with Crippen molar-refractivity contribution in [2.75, 3.05) is 26.7 Å². The van der Waals surface area contributed by atoms with Crippen molar-refractivity contribution < 1.29 is 0 Å². The molecular weight excluding hydrogens is 296 g/mol. The van der Waals surface area contributed by atoms with Crippen molar-refractivity contribution in [3.63, 3.8) is 0 Å². The Balaban J connectivity index is 2.22. The lowest BCUT2D eigenvalue weighted by Gasteiger charge is -2.16. The fourth-order valence-electron chi connectivity index (χ4n) is 1.61. The van der Waals surface area contributed by atoms with E-state index < -0.39 is 0 Å². The van der Waals surface area contributed by atoms with Crippen molar-refractivity contribution in [2.24, 2.45) is 5.92 Å². The average molecular weight is 319 g/mol. The Morgan fingerprint density at radius 1 is 1.47 bits per heavy atom. The lowest BCUT2D eigenvalue weighted by atomic mass is 10.2. The molecule has 0 unspecified atom stereocenters. The van der Waals surface area contributed by atoms with Gasteiger partial charge < -0.3 is 10.2 Å². The maximum absolute atomic E-state index is 3.57. The predicted octanol–water partition coefficient (Wildman–Crippen LogP) is 3.50. The average Bonchev–Trinajstić information content (AvgIpc) is 2.52. The summed E-state index contributed by atoms with van der Waals surface area (Å²) in [7, 11) is 2.18. The number of likely N-dealkylation sites (N-methyl/N-ethyl adjacent to an activating group) is 1. The molecule has 0 amide bonds. The fraction of sp³-hybridized carbons (Fsp3) is 0.692. The van der Waals surface area contributed by atoms with E-state index >= 15 is 0 Å². The van der Waals surface area contributed by atoms with Crippen LogP contribution in [0, 0.1) is 12.8 Å². The first-order chi connectivity index (χ1) is 7.99. The summed E-state index contributed by atoms with van der Waals surface area (Å²) in [6.07, 6.45) is 0. The van der Waals surface area contributed by atoms with Crippen LogP contribution in [0.4, 0.5) is 0 Å². The second-order valence-electron chi connectivity index (χ2n) is 5.01. The van der Waals surface area contributed by atoms with Gasteiger partial charge >= 0.3 is 0 Å². The molecule has 0 saturated heterocycles. The number of rotatable bonds is 7. The molecule has 0 aromatic carbocycles. The van der Waals surface area contributed by atoms with Crippen LogP contribution in [0.1, 0.15) is 24.3 Å². The number of hydrogen-bond donors (Lipinski definition) is 1. The first-order valence-corrected chi connectivity index (χ1v) is 7.74. The minimum Gasteiger partial charge on any atom is -0.315 e. The zero-order chi connectivity index (χ0) is 12.8. The highest BCUT2D eigenvalue weighted by Crippen LogP contribution is 2.27. The zero-order valence-corrected chi connectivity index (χ0v) is 13.6. The molecule has 0 aliphatic heterocycles. The normalized spacial score (nSPS) is 11.7. The van der Waals surface area contributed by atoms with Crippen LogP contribution < -0.4 is 5.32 Å². The zero-order valence-electron chi connectivity index (χ0n) is 11.2. The van der Waals surface area contributed by atoms with Crippen molar-refractivity contribution in [1.29, 1.82) is 0 Å². The Morgan fingerprint density at radius 2 is 2.18 bits per heavy atom. The van der Waals surface area contributed by atoms with E-state index in [1.54, 1.807) is 0 Å². The Kier molecular flexibility index (Phi) is 6.70. The van der Waals surface area contributed by atoms with Crippen molar-refractivity contribution in [2.45, 2.75) is 27.3 Å². The molecule has 0 saturated carbocycles. The molecule has 4 heteroatoms. The Labute approximate surface area is 118 Å². The first-order valence-electron chi connectivity index (χ1n) is 6.13. The summed E-state index contributed by atoms with van der Waals surface area (Å²) in [4.78, 5) is 3.80. The van der Waals surface area contributed by atoms with E-state index in [1.165, 1.54) is 14.2 Å². The minimum absolute atomic E-state index is 0.733. The molecule has 0 spiro atoms. The molecule has 1 rings (SSSR count). The van der Waals surface area contributed by atoms with Crippen molar-refractivity contribution in [3.05, 3.63) is 20.3 Å². The maximum atomic E-state index is 3.57. The van der Waals surface area contributed by atoms with Crippen molar-refractivity contribution in [3.8, 4) is 0 Å². The lowest BCUT2D eigenvalue weighted by Crippen LogP contribution is -2.30. The predicted molar refractivity (Wildman–Crippen MR) is 80.8 cm³/mol. The van der Waals surface area contributed by atoms with E-state index in [1.807, 2.05) is 11.3 Å². The number of nitrogens with one attached hydrogen (secondary N) is 1. The molecule has 1 aromatic rings. The lowest BCUT2D eigenvalue weighted by molar-refractivity contribution is 0.324. The van der Waals surface area contributed by atoms with Gasteiger partial charge in [0, 0.05) is 24.5 Å². The summed E-state index contributed by atoms with van der Waals surface area (Å²) in [5.41, 5.74) is 1.34. The first kappa shape index (κ1) is 15.2. The largest absolute Gasteiger partial charge is 0.315 e. The van der Waals surface area contributed by atoms with Gasteiger partial charge in [0.25, 0.3) is 0 Å². The van der Waals surface area contributed by atoms with Gasteiger partial charge in [0.2, 0.25) is 0 Å². The van der Waals surface area contributed by atoms with E-state index in [2.05, 4.69) is 60.0 Å². The second-order valence-corrected chi connectivity index (χ2v) is 7.46. The van der Waals surface area contributed by atoms with E-state index in [9.17, 15) is 0 Å². The van der Waals surface area contributed by atoms with Gasteiger partial charge in [-0.1, -0.05) is 13.8 Å². The third-order valence-corrected chi connectivity index (χ3v) is 4.68. The number of hydrogen-bond acceptors (Lipinski definition) is 3. The molecule has 98 valence electrons. The third kappa shape index (κ3) is 6.00. The number of nitrogens with zero attached hydrogens (tertiary/aromatic N) is 1. The molecule has 17 heavy (non-hydrogen) atoms. The van der Waals surface area contributed by atoms with Crippen LogP contribution >= 0.6 is 27.3 Å². The molecule has 0 aliphatic rings. The summed E-state index contributed by atoms with van der Waals surface area (Å²) in [5, 5.41) is 3.47. The van der Waals surface area contributed by atoms with E-state index in [0.29, 0.717) is 0 Å². The van der Waals surface area contributed by atoms with Gasteiger partial charge in [-0.05, 0) is 54.0 Å². The van der Waals surface area contributed by atoms with E-state index in [4.69, 9.17) is 0 Å². The molecule has 0 aliphatic carbocycles. The summed E-state index contributed by atoms with van der Waals surface area (Å²) in [6, 6.07) is 2.27. The molecule has 1 aromatic heterocycles. The van der Waals surface area contributed by atoms with Crippen LogP contribution in [-0.2, 0) is 6.54 Å². The van der Waals surface area contributed by atoms with Gasteiger partial charge in [-0.2, -0.15) is 0 Å². The van der Waals surface area contributed by atoms with E-state index in [0.717, 1.165) is 32.1 Å². The quantitative estimate of drug-likeness (QED) is 0.774. The van der Waals surface area contributed by atoms with Crippen LogP contribution in [0.2, 0.25) is 0 Å². The number of halogens is 1. The number of aryl methyl sites for hydroxylation is 1. The molecule has 2 nitrogen and oxygen atoms in total. The van der Waals surface area contributed by atoms with Crippen LogP contribution in [0.3, 0.4) is 0 Å². The van der Waals surface area contributed by atoms with Gasteiger partial charge in [-0.15, -0.1) is 11.3 Å². The minimum atomic E-state index is 0.733.